The molecule has 1 atom stereocenters. The lowest BCUT2D eigenvalue weighted by Crippen LogP contribution is -2.55. The molecule has 3 amide bonds. The van der Waals surface area contributed by atoms with Gasteiger partial charge in [-0.25, -0.2) is 0 Å². The van der Waals surface area contributed by atoms with Crippen molar-refractivity contribution in [3.63, 3.8) is 0 Å². The van der Waals surface area contributed by atoms with Crippen LogP contribution >= 0.6 is 0 Å². The Morgan fingerprint density at radius 2 is 1.69 bits per heavy atom. The molecule has 29 heavy (non-hydrogen) atoms. The van der Waals surface area contributed by atoms with Crippen molar-refractivity contribution in [2.75, 3.05) is 33.9 Å². The minimum Gasteiger partial charge on any atom is -0.497 e. The number of nitrogens with zero attached hydrogens (tertiary/aromatic N) is 1. The van der Waals surface area contributed by atoms with Gasteiger partial charge >= 0.3 is 0 Å². The standard InChI is InChI=1S/C21H31N3O5/c1-14(2)22-21(27)19(15-9-11-24(12-10-15)18(25)13-28-3)23-20(26)16-5-7-17(29-4)8-6-16/h5-8,14-15,19H,9-13H2,1-4H3,(H,22,27)(H,23,26)/t19-/m1/s1. The first-order chi connectivity index (χ1) is 13.8. The normalized spacial score (nSPS) is 15.7. The fourth-order valence-corrected chi connectivity index (χ4v) is 3.44. The topological polar surface area (TPSA) is 97.0 Å². The second-order valence-corrected chi connectivity index (χ2v) is 7.49. The number of benzene rings is 1. The SMILES string of the molecule is COCC(=O)N1CCC([C@@H](NC(=O)c2ccc(OC)cc2)C(=O)NC(C)C)CC1. The molecule has 160 valence electrons. The number of rotatable bonds is 8. The van der Waals surface area contributed by atoms with Gasteiger partial charge in [-0.3, -0.25) is 14.4 Å². The summed E-state index contributed by atoms with van der Waals surface area (Å²) < 4.78 is 10.0. The van der Waals surface area contributed by atoms with Crippen LogP contribution < -0.4 is 15.4 Å². The van der Waals surface area contributed by atoms with Gasteiger partial charge in [-0.2, -0.15) is 0 Å². The number of carbonyl (C=O) groups excluding carboxylic acids is 3. The maximum Gasteiger partial charge on any atom is 0.251 e. The lowest BCUT2D eigenvalue weighted by molar-refractivity contribution is -0.136. The van der Waals surface area contributed by atoms with Crippen LogP contribution in [0.4, 0.5) is 0 Å². The molecule has 0 bridgehead atoms. The van der Waals surface area contributed by atoms with Gasteiger partial charge in [0.2, 0.25) is 11.8 Å². The largest absolute Gasteiger partial charge is 0.497 e. The Bertz CT molecular complexity index is 697. The molecule has 1 heterocycles. The van der Waals surface area contributed by atoms with E-state index in [1.54, 1.807) is 36.3 Å². The van der Waals surface area contributed by atoms with Crippen molar-refractivity contribution < 1.29 is 23.9 Å². The van der Waals surface area contributed by atoms with Gasteiger partial charge in [0.1, 0.15) is 18.4 Å². The van der Waals surface area contributed by atoms with Gasteiger partial charge in [0.25, 0.3) is 5.91 Å². The summed E-state index contributed by atoms with van der Waals surface area (Å²) in [5, 5.41) is 5.79. The van der Waals surface area contributed by atoms with Crippen molar-refractivity contribution in [3.8, 4) is 5.75 Å². The molecule has 8 heteroatoms. The third-order valence-electron chi connectivity index (χ3n) is 4.98. The fraction of sp³-hybridized carbons (Fsp3) is 0.571. The highest BCUT2D eigenvalue weighted by atomic mass is 16.5. The number of piperidine rings is 1. The van der Waals surface area contributed by atoms with E-state index in [0.29, 0.717) is 37.2 Å². The Morgan fingerprint density at radius 3 is 2.21 bits per heavy atom. The molecule has 0 aliphatic carbocycles. The fourth-order valence-electron chi connectivity index (χ4n) is 3.44. The molecular formula is C21H31N3O5. The van der Waals surface area contributed by atoms with Gasteiger partial charge in [-0.1, -0.05) is 0 Å². The molecule has 1 aliphatic heterocycles. The monoisotopic (exact) mass is 405 g/mol. The van der Waals surface area contributed by atoms with Crippen molar-refractivity contribution in [1.29, 1.82) is 0 Å². The lowest BCUT2D eigenvalue weighted by atomic mass is 9.88. The van der Waals surface area contributed by atoms with Crippen LogP contribution in [-0.4, -0.2) is 68.6 Å². The van der Waals surface area contributed by atoms with Gasteiger partial charge < -0.3 is 25.0 Å². The molecule has 2 rings (SSSR count). The third kappa shape index (κ3) is 6.45. The molecule has 0 aromatic heterocycles. The van der Waals surface area contributed by atoms with Crippen molar-refractivity contribution in [2.45, 2.75) is 38.8 Å². The predicted octanol–water partition coefficient (Wildman–Crippen LogP) is 1.20. The highest BCUT2D eigenvalue weighted by Gasteiger charge is 2.34. The van der Waals surface area contributed by atoms with Crippen LogP contribution in [0, 0.1) is 5.92 Å². The first kappa shape index (κ1) is 22.7. The first-order valence-electron chi connectivity index (χ1n) is 9.87. The van der Waals surface area contributed by atoms with Crippen molar-refractivity contribution in [1.82, 2.24) is 15.5 Å². The first-order valence-corrected chi connectivity index (χ1v) is 9.87. The number of methoxy groups -OCH3 is 2. The number of nitrogens with one attached hydrogen (secondary N) is 2. The van der Waals surface area contributed by atoms with Crippen molar-refractivity contribution in [2.24, 2.45) is 5.92 Å². The van der Waals surface area contributed by atoms with Crippen LogP contribution in [0.25, 0.3) is 0 Å². The summed E-state index contributed by atoms with van der Waals surface area (Å²) in [5.41, 5.74) is 0.459. The van der Waals surface area contributed by atoms with Gasteiger partial charge in [0.15, 0.2) is 0 Å². The van der Waals surface area contributed by atoms with E-state index in [9.17, 15) is 14.4 Å². The number of hydrogen-bond donors (Lipinski definition) is 2. The average Bonchev–Trinajstić information content (AvgIpc) is 2.71. The van der Waals surface area contributed by atoms with Crippen LogP contribution in [0.15, 0.2) is 24.3 Å². The van der Waals surface area contributed by atoms with E-state index in [1.807, 2.05) is 13.8 Å². The molecule has 1 fully saturated rings. The average molecular weight is 405 g/mol. The van der Waals surface area contributed by atoms with Crippen LogP contribution in [-0.2, 0) is 14.3 Å². The molecular weight excluding hydrogens is 374 g/mol. The minimum atomic E-state index is -0.660. The van der Waals surface area contributed by atoms with E-state index in [0.717, 1.165) is 0 Å². The second-order valence-electron chi connectivity index (χ2n) is 7.49. The zero-order chi connectivity index (χ0) is 21.4. The molecule has 8 nitrogen and oxygen atoms in total. The van der Waals surface area contributed by atoms with E-state index in [2.05, 4.69) is 10.6 Å². The summed E-state index contributed by atoms with van der Waals surface area (Å²) in [6.45, 7) is 4.89. The number of amides is 3. The zero-order valence-corrected chi connectivity index (χ0v) is 17.6. The molecule has 0 radical (unpaired) electrons. The van der Waals surface area contributed by atoms with Crippen LogP contribution in [0.3, 0.4) is 0 Å². The molecule has 1 aliphatic rings. The van der Waals surface area contributed by atoms with E-state index in [1.165, 1.54) is 7.11 Å². The molecule has 0 saturated carbocycles. The summed E-state index contributed by atoms with van der Waals surface area (Å²) in [5.74, 6) is 0.0284. The molecule has 2 N–H and O–H groups in total. The molecule has 1 aromatic rings. The van der Waals surface area contributed by atoms with E-state index >= 15 is 0 Å². The van der Waals surface area contributed by atoms with Gasteiger partial charge in [-0.15, -0.1) is 0 Å². The van der Waals surface area contributed by atoms with Crippen LogP contribution in [0.2, 0.25) is 0 Å². The second kappa shape index (κ2) is 10.8. The maximum absolute atomic E-state index is 12.8. The Labute approximate surface area is 171 Å². The summed E-state index contributed by atoms with van der Waals surface area (Å²) in [7, 11) is 3.05. The maximum atomic E-state index is 12.8. The zero-order valence-electron chi connectivity index (χ0n) is 17.6. The van der Waals surface area contributed by atoms with Crippen LogP contribution in [0.5, 0.6) is 5.75 Å². The van der Waals surface area contributed by atoms with E-state index in [4.69, 9.17) is 9.47 Å². The number of ether oxygens (including phenoxy) is 2. The highest BCUT2D eigenvalue weighted by Crippen LogP contribution is 2.22. The summed E-state index contributed by atoms with van der Waals surface area (Å²) in [6, 6.07) is 6.04. The molecule has 0 spiro atoms. The Balaban J connectivity index is 2.08. The van der Waals surface area contributed by atoms with Gasteiger partial charge in [-0.05, 0) is 56.9 Å². The quantitative estimate of drug-likeness (QED) is 0.678. The van der Waals surface area contributed by atoms with Crippen molar-refractivity contribution in [3.05, 3.63) is 29.8 Å². The molecule has 1 saturated heterocycles. The summed E-state index contributed by atoms with van der Waals surface area (Å²) in [6.07, 6.45) is 1.27. The smallest absolute Gasteiger partial charge is 0.251 e. The summed E-state index contributed by atoms with van der Waals surface area (Å²) >= 11 is 0. The highest BCUT2D eigenvalue weighted by molar-refractivity contribution is 5.97. The van der Waals surface area contributed by atoms with E-state index in [-0.39, 0.29) is 36.3 Å². The minimum absolute atomic E-state index is 0.0359. The van der Waals surface area contributed by atoms with Gasteiger partial charge in [0.05, 0.1) is 7.11 Å². The Morgan fingerprint density at radius 1 is 1.07 bits per heavy atom. The van der Waals surface area contributed by atoms with E-state index < -0.39 is 6.04 Å². The Hall–Kier alpha value is -2.61. The third-order valence-corrected chi connectivity index (χ3v) is 4.98. The van der Waals surface area contributed by atoms with Crippen LogP contribution in [0.1, 0.15) is 37.0 Å². The van der Waals surface area contributed by atoms with Crippen molar-refractivity contribution >= 4 is 17.7 Å². The van der Waals surface area contributed by atoms with Gasteiger partial charge in [0, 0.05) is 31.8 Å². The summed E-state index contributed by atoms with van der Waals surface area (Å²) in [4.78, 5) is 39.3. The predicted molar refractivity (Wildman–Crippen MR) is 109 cm³/mol. The number of likely N-dealkylation sites (tertiary alicyclic amines) is 1. The number of hydrogen-bond acceptors (Lipinski definition) is 5. The number of carbonyl (C=O) groups is 3. The molecule has 1 aromatic carbocycles. The molecule has 0 unspecified atom stereocenters. The lowest BCUT2D eigenvalue weighted by Gasteiger charge is -2.36. The Kier molecular flexibility index (Phi) is 8.45.